The Morgan fingerprint density at radius 1 is 0.833 bits per heavy atom. The Balaban J connectivity index is 2.14. The summed E-state index contributed by atoms with van der Waals surface area (Å²) in [4.78, 5) is 24.5. The highest BCUT2D eigenvalue weighted by atomic mass is 35.5. The molecule has 0 spiro atoms. The molecule has 5 heteroatoms. The normalized spacial score (nSPS) is 11.9. The van der Waals surface area contributed by atoms with Crippen LogP contribution in [0.2, 0.25) is 5.02 Å². The predicted octanol–water partition coefficient (Wildman–Crippen LogP) is 5.26. The standard InChI is InChI=1S/C25H24ClO3P/c1-17-4-12-21(13-5-17)30(22-14-6-18(2)7-15-22)24(16-23(27)25(28)29-3)19-8-10-20(26)11-9-19/h4-15,24H,16H2,1-3H3/t24-/m0/s1. The van der Waals surface area contributed by atoms with Crippen LogP contribution in [0.15, 0.2) is 72.8 Å². The Kier molecular flexibility index (Phi) is 7.42. The molecule has 0 aliphatic heterocycles. The summed E-state index contributed by atoms with van der Waals surface area (Å²) in [7, 11) is 0.277. The number of ketones is 1. The number of hydrogen-bond donors (Lipinski definition) is 0. The van der Waals surface area contributed by atoms with E-state index in [9.17, 15) is 9.59 Å². The lowest BCUT2D eigenvalue weighted by molar-refractivity contribution is -0.151. The summed E-state index contributed by atoms with van der Waals surface area (Å²) in [6, 6.07) is 24.3. The molecule has 30 heavy (non-hydrogen) atoms. The third-order valence-electron chi connectivity index (χ3n) is 4.98. The minimum absolute atomic E-state index is 0.0712. The highest BCUT2D eigenvalue weighted by Crippen LogP contribution is 2.51. The van der Waals surface area contributed by atoms with E-state index in [1.165, 1.54) is 18.2 Å². The van der Waals surface area contributed by atoms with E-state index in [-0.39, 0.29) is 12.1 Å². The second-order valence-electron chi connectivity index (χ2n) is 7.23. The zero-order valence-corrected chi connectivity index (χ0v) is 18.9. The molecule has 3 aromatic rings. The van der Waals surface area contributed by atoms with Crippen molar-refractivity contribution in [3.8, 4) is 0 Å². The lowest BCUT2D eigenvalue weighted by Gasteiger charge is -2.29. The molecular formula is C25H24ClO3P. The van der Waals surface area contributed by atoms with Gasteiger partial charge in [0.25, 0.3) is 0 Å². The van der Waals surface area contributed by atoms with Crippen molar-refractivity contribution in [2.45, 2.75) is 25.9 Å². The summed E-state index contributed by atoms with van der Waals surface area (Å²) < 4.78 is 4.69. The molecule has 0 bridgehead atoms. The van der Waals surface area contributed by atoms with Crippen LogP contribution >= 0.6 is 19.5 Å². The maximum atomic E-state index is 12.6. The number of Topliss-reactive ketones (excluding diaryl/α,β-unsaturated/α-hetero) is 1. The molecule has 0 amide bonds. The molecule has 0 radical (unpaired) electrons. The van der Waals surface area contributed by atoms with Crippen molar-refractivity contribution in [1.82, 2.24) is 0 Å². The van der Waals surface area contributed by atoms with Gasteiger partial charge in [-0.1, -0.05) is 83.4 Å². The molecule has 3 nitrogen and oxygen atoms in total. The zero-order chi connectivity index (χ0) is 21.7. The topological polar surface area (TPSA) is 43.4 Å². The quantitative estimate of drug-likeness (QED) is 0.287. The van der Waals surface area contributed by atoms with Gasteiger partial charge in [0.05, 0.1) is 7.11 Å². The van der Waals surface area contributed by atoms with E-state index in [2.05, 4.69) is 67.1 Å². The number of rotatable bonds is 7. The molecule has 0 aliphatic carbocycles. The fourth-order valence-electron chi connectivity index (χ4n) is 3.34. The summed E-state index contributed by atoms with van der Waals surface area (Å²) in [5, 5.41) is 2.93. The number of esters is 1. The van der Waals surface area contributed by atoms with Gasteiger partial charge in [0.15, 0.2) is 0 Å². The Morgan fingerprint density at radius 3 is 1.73 bits per heavy atom. The molecule has 0 unspecified atom stereocenters. The van der Waals surface area contributed by atoms with Crippen LogP contribution in [0.4, 0.5) is 0 Å². The molecule has 0 aromatic heterocycles. The number of methoxy groups -OCH3 is 1. The van der Waals surface area contributed by atoms with Gasteiger partial charge in [-0.05, 0) is 50.1 Å². The van der Waals surface area contributed by atoms with E-state index in [0.717, 1.165) is 16.2 Å². The number of carbonyl (C=O) groups is 2. The Morgan fingerprint density at radius 2 is 1.30 bits per heavy atom. The molecule has 154 valence electrons. The predicted molar refractivity (Wildman–Crippen MR) is 124 cm³/mol. The van der Waals surface area contributed by atoms with Crippen molar-refractivity contribution < 1.29 is 14.3 Å². The highest BCUT2D eigenvalue weighted by Gasteiger charge is 2.30. The average molecular weight is 439 g/mol. The summed E-state index contributed by atoms with van der Waals surface area (Å²) in [5.74, 6) is -1.33. The Labute approximate surface area is 183 Å². The second kappa shape index (κ2) is 10.0. The third-order valence-corrected chi connectivity index (χ3v) is 8.05. The fourth-order valence-corrected chi connectivity index (χ4v) is 6.24. The molecular weight excluding hydrogens is 415 g/mol. The molecule has 0 fully saturated rings. The number of benzene rings is 3. The lowest BCUT2D eigenvalue weighted by Crippen LogP contribution is -2.23. The fraction of sp³-hybridized carbons (Fsp3) is 0.200. The van der Waals surface area contributed by atoms with Gasteiger partial charge in [-0.3, -0.25) is 4.79 Å². The van der Waals surface area contributed by atoms with Crippen LogP contribution in [0.3, 0.4) is 0 Å². The van der Waals surface area contributed by atoms with Crippen molar-refractivity contribution in [3.63, 3.8) is 0 Å². The molecule has 0 aliphatic rings. The zero-order valence-electron chi connectivity index (χ0n) is 17.3. The molecule has 1 atom stereocenters. The number of carbonyl (C=O) groups excluding carboxylic acids is 2. The van der Waals surface area contributed by atoms with Crippen LogP contribution in [0.1, 0.15) is 28.8 Å². The molecule has 0 heterocycles. The van der Waals surface area contributed by atoms with Crippen LogP contribution < -0.4 is 10.6 Å². The Hall–Kier alpha value is -2.48. The van der Waals surface area contributed by atoms with E-state index in [1.54, 1.807) is 0 Å². The summed E-state index contributed by atoms with van der Waals surface area (Å²) in [5.41, 5.74) is 3.13. The minimum Gasteiger partial charge on any atom is -0.463 e. The van der Waals surface area contributed by atoms with Gasteiger partial charge in [0.2, 0.25) is 5.78 Å². The lowest BCUT2D eigenvalue weighted by atomic mass is 10.1. The van der Waals surface area contributed by atoms with Gasteiger partial charge in [-0.15, -0.1) is 0 Å². The van der Waals surface area contributed by atoms with E-state index in [1.807, 2.05) is 24.3 Å². The van der Waals surface area contributed by atoms with E-state index >= 15 is 0 Å². The summed E-state index contributed by atoms with van der Waals surface area (Å²) in [6.45, 7) is 4.10. The van der Waals surface area contributed by atoms with Crippen LogP contribution in [0.25, 0.3) is 0 Å². The van der Waals surface area contributed by atoms with Gasteiger partial charge >= 0.3 is 5.97 Å². The monoisotopic (exact) mass is 438 g/mol. The first-order valence-corrected chi connectivity index (χ1v) is 11.5. The summed E-state index contributed by atoms with van der Waals surface area (Å²) >= 11 is 6.11. The maximum absolute atomic E-state index is 12.6. The molecule has 3 rings (SSSR count). The van der Waals surface area contributed by atoms with Crippen molar-refractivity contribution in [1.29, 1.82) is 0 Å². The second-order valence-corrected chi connectivity index (χ2v) is 10.1. The largest absolute Gasteiger partial charge is 0.463 e. The van der Waals surface area contributed by atoms with E-state index < -0.39 is 19.7 Å². The van der Waals surface area contributed by atoms with Crippen LogP contribution in [0.5, 0.6) is 0 Å². The number of halogens is 1. The molecule has 0 N–H and O–H groups in total. The third kappa shape index (κ3) is 5.36. The van der Waals surface area contributed by atoms with Gasteiger partial charge < -0.3 is 4.74 Å². The van der Waals surface area contributed by atoms with Gasteiger partial charge in [-0.2, -0.15) is 0 Å². The van der Waals surface area contributed by atoms with Crippen LogP contribution in [0, 0.1) is 13.8 Å². The average Bonchev–Trinajstić information content (AvgIpc) is 2.75. The van der Waals surface area contributed by atoms with Gasteiger partial charge in [0, 0.05) is 17.1 Å². The molecule has 0 saturated carbocycles. The van der Waals surface area contributed by atoms with Crippen molar-refractivity contribution in [3.05, 3.63) is 94.5 Å². The smallest absolute Gasteiger partial charge is 0.374 e. The van der Waals surface area contributed by atoms with Crippen molar-refractivity contribution >= 4 is 41.9 Å². The summed E-state index contributed by atoms with van der Waals surface area (Å²) in [6.07, 6.45) is 0.0712. The number of hydrogen-bond acceptors (Lipinski definition) is 3. The molecule has 3 aromatic carbocycles. The minimum atomic E-state index is -0.959. The molecule has 0 saturated heterocycles. The van der Waals surface area contributed by atoms with Crippen molar-refractivity contribution in [2.24, 2.45) is 0 Å². The Bertz CT molecular complexity index is 966. The van der Waals surface area contributed by atoms with E-state index in [0.29, 0.717) is 5.02 Å². The number of ether oxygens (including phenoxy) is 1. The number of aryl methyl sites for hydroxylation is 2. The van der Waals surface area contributed by atoms with Crippen molar-refractivity contribution in [2.75, 3.05) is 7.11 Å². The SMILES string of the molecule is COC(=O)C(=O)C[C@@H](c1ccc(Cl)cc1)P(c1ccc(C)cc1)c1ccc(C)cc1. The highest BCUT2D eigenvalue weighted by molar-refractivity contribution is 7.73. The van der Waals surface area contributed by atoms with Crippen LogP contribution in [-0.4, -0.2) is 18.9 Å². The first-order chi connectivity index (χ1) is 14.4. The van der Waals surface area contributed by atoms with Crippen LogP contribution in [-0.2, 0) is 14.3 Å². The first kappa shape index (κ1) is 22.2. The first-order valence-electron chi connectivity index (χ1n) is 9.68. The van der Waals surface area contributed by atoms with Gasteiger partial charge in [-0.25, -0.2) is 4.79 Å². The van der Waals surface area contributed by atoms with Gasteiger partial charge in [0.1, 0.15) is 0 Å². The van der Waals surface area contributed by atoms with E-state index in [4.69, 9.17) is 11.6 Å². The maximum Gasteiger partial charge on any atom is 0.374 e.